The maximum absolute atomic E-state index is 5.04. The van der Waals surface area contributed by atoms with Crippen LogP contribution in [0.3, 0.4) is 0 Å². The van der Waals surface area contributed by atoms with Crippen LogP contribution in [0.5, 0.6) is 0 Å². The second-order valence-electron chi connectivity index (χ2n) is 4.64. The molecule has 0 unspecified atom stereocenters. The molecule has 0 aliphatic heterocycles. The van der Waals surface area contributed by atoms with Gasteiger partial charge in [-0.1, -0.05) is 36.5 Å². The standard InChI is InChI=1S/3C5H8.4ClH.Sn/c3*1-2-4-5-3-1;;;;;/h3*1-2H,3-5H2;4*1H;/q;;;;;;;+4/p-4. The summed E-state index contributed by atoms with van der Waals surface area (Å²) in [5, 5.41) is 0. The minimum atomic E-state index is -3.29. The fourth-order valence-electron chi connectivity index (χ4n) is 1.77. The van der Waals surface area contributed by atoms with Crippen molar-refractivity contribution in [2.75, 3.05) is 0 Å². The average Bonchev–Trinajstić information content (AvgIpc) is 3.17. The van der Waals surface area contributed by atoms with Gasteiger partial charge in [-0.3, -0.25) is 0 Å². The summed E-state index contributed by atoms with van der Waals surface area (Å²) in [7, 11) is 20.1. The van der Waals surface area contributed by atoms with E-state index in [1.807, 2.05) is 0 Å². The van der Waals surface area contributed by atoms with Gasteiger partial charge in [-0.25, -0.2) is 0 Å². The van der Waals surface area contributed by atoms with Crippen LogP contribution in [-0.2, 0) is 0 Å². The van der Waals surface area contributed by atoms with E-state index in [9.17, 15) is 0 Å². The Morgan fingerprint density at radius 2 is 0.600 bits per heavy atom. The van der Waals surface area contributed by atoms with Gasteiger partial charge in [0.25, 0.3) is 0 Å². The van der Waals surface area contributed by atoms with E-state index in [4.69, 9.17) is 35.7 Å². The van der Waals surface area contributed by atoms with Gasteiger partial charge in [0.1, 0.15) is 0 Å². The van der Waals surface area contributed by atoms with E-state index in [2.05, 4.69) is 36.5 Å². The Labute approximate surface area is 142 Å². The second kappa shape index (κ2) is 15.1. The van der Waals surface area contributed by atoms with Crippen molar-refractivity contribution in [3.05, 3.63) is 36.5 Å². The maximum atomic E-state index is 5.04. The molecule has 0 amide bonds. The third kappa shape index (κ3) is 24.2. The van der Waals surface area contributed by atoms with Crippen molar-refractivity contribution in [2.24, 2.45) is 0 Å². The zero-order chi connectivity index (χ0) is 15.1. The Morgan fingerprint density at radius 1 is 0.450 bits per heavy atom. The first-order valence-electron chi connectivity index (χ1n) is 7.21. The number of allylic oxidation sites excluding steroid dienone is 6. The van der Waals surface area contributed by atoms with Crippen molar-refractivity contribution < 1.29 is 0 Å². The van der Waals surface area contributed by atoms with E-state index < -0.39 is 13.9 Å². The molecule has 20 heavy (non-hydrogen) atoms. The molecule has 3 aliphatic carbocycles. The van der Waals surface area contributed by atoms with Gasteiger partial charge in [-0.05, 0) is 57.8 Å². The van der Waals surface area contributed by atoms with Gasteiger partial charge in [-0.2, -0.15) is 0 Å². The molecule has 0 aromatic heterocycles. The summed E-state index contributed by atoms with van der Waals surface area (Å²) in [6.45, 7) is 0. The van der Waals surface area contributed by atoms with Crippen LogP contribution in [-0.4, -0.2) is 13.9 Å². The number of rotatable bonds is 0. The van der Waals surface area contributed by atoms with Crippen LogP contribution in [0.15, 0.2) is 36.5 Å². The molecule has 0 saturated heterocycles. The van der Waals surface area contributed by atoms with Crippen LogP contribution < -0.4 is 0 Å². The normalized spacial score (nSPS) is 18.6. The molecule has 0 radical (unpaired) electrons. The van der Waals surface area contributed by atoms with Gasteiger partial charge < -0.3 is 0 Å². The van der Waals surface area contributed by atoms with Crippen molar-refractivity contribution in [1.29, 1.82) is 0 Å². The first kappa shape index (κ1) is 21.2. The summed E-state index contributed by atoms with van der Waals surface area (Å²) in [5.41, 5.74) is 0. The monoisotopic (exact) mass is 464 g/mol. The van der Waals surface area contributed by atoms with E-state index in [-0.39, 0.29) is 0 Å². The predicted octanol–water partition coefficient (Wildman–Crippen LogP) is 7.56. The second-order valence-corrected chi connectivity index (χ2v) is 30.1. The van der Waals surface area contributed by atoms with Crippen LogP contribution in [0.25, 0.3) is 0 Å². The molecule has 3 rings (SSSR count). The quantitative estimate of drug-likeness (QED) is 0.256. The summed E-state index contributed by atoms with van der Waals surface area (Å²) in [6, 6.07) is 0. The molecule has 0 N–H and O–H groups in total. The summed E-state index contributed by atoms with van der Waals surface area (Å²) >= 11 is -3.29. The fourth-order valence-corrected chi connectivity index (χ4v) is 1.77. The zero-order valence-corrected chi connectivity index (χ0v) is 17.7. The summed E-state index contributed by atoms with van der Waals surface area (Å²) in [6.07, 6.45) is 25.5. The number of hydrogen-bond acceptors (Lipinski definition) is 0. The van der Waals surface area contributed by atoms with E-state index in [0.717, 1.165) is 0 Å². The molecule has 0 spiro atoms. The zero-order valence-electron chi connectivity index (χ0n) is 11.8. The molecule has 0 aromatic rings. The van der Waals surface area contributed by atoms with E-state index >= 15 is 0 Å². The number of hydrogen-bond donors (Lipinski definition) is 0. The Kier molecular flexibility index (Phi) is 16.0. The van der Waals surface area contributed by atoms with Crippen LogP contribution in [0.4, 0.5) is 0 Å². The molecule has 0 heterocycles. The SMILES string of the molecule is C1=CCCC1.C1=CCCC1.C1=CCCC1.[Cl][Sn]([Cl])([Cl])[Cl]. The average molecular weight is 465 g/mol. The van der Waals surface area contributed by atoms with Crippen LogP contribution in [0, 0.1) is 0 Å². The van der Waals surface area contributed by atoms with E-state index in [1.165, 1.54) is 57.8 Å². The molecule has 0 fully saturated rings. The van der Waals surface area contributed by atoms with Crippen molar-refractivity contribution in [1.82, 2.24) is 0 Å². The topological polar surface area (TPSA) is 0 Å². The molecule has 3 aliphatic rings. The molecular formula is C15H24Cl4Sn. The predicted molar refractivity (Wildman–Crippen MR) is 98.1 cm³/mol. The van der Waals surface area contributed by atoms with Crippen LogP contribution >= 0.6 is 35.7 Å². The van der Waals surface area contributed by atoms with Gasteiger partial charge in [0.2, 0.25) is 0 Å². The first-order chi connectivity index (χ1) is 9.50. The fraction of sp³-hybridized carbons (Fsp3) is 0.600. The molecule has 5 heteroatoms. The van der Waals surface area contributed by atoms with Crippen molar-refractivity contribution >= 4 is 49.6 Å². The van der Waals surface area contributed by atoms with Gasteiger partial charge in [0.05, 0.1) is 0 Å². The molecule has 0 saturated carbocycles. The molecule has 0 aromatic carbocycles. The van der Waals surface area contributed by atoms with Gasteiger partial charge in [0.15, 0.2) is 0 Å². The van der Waals surface area contributed by atoms with Crippen LogP contribution in [0.2, 0.25) is 0 Å². The van der Waals surface area contributed by atoms with Gasteiger partial charge in [0, 0.05) is 0 Å². The van der Waals surface area contributed by atoms with Crippen molar-refractivity contribution in [2.45, 2.75) is 57.8 Å². The van der Waals surface area contributed by atoms with E-state index in [1.54, 1.807) is 0 Å². The first-order valence-corrected chi connectivity index (χ1v) is 21.7. The van der Waals surface area contributed by atoms with Gasteiger partial charge in [-0.15, -0.1) is 0 Å². The molecule has 0 nitrogen and oxygen atoms in total. The molecular weight excluding hydrogens is 441 g/mol. The molecule has 116 valence electrons. The Balaban J connectivity index is 0.000000241. The number of halogens is 4. The molecule has 0 bridgehead atoms. The van der Waals surface area contributed by atoms with E-state index in [0.29, 0.717) is 0 Å². The Hall–Kier alpha value is 1.18. The third-order valence-corrected chi connectivity index (χ3v) is 2.72. The van der Waals surface area contributed by atoms with Crippen LogP contribution in [0.1, 0.15) is 57.8 Å². The Bertz CT molecular complexity index is 231. The molecule has 0 atom stereocenters. The summed E-state index contributed by atoms with van der Waals surface area (Å²) < 4.78 is 0. The third-order valence-electron chi connectivity index (χ3n) is 2.72. The van der Waals surface area contributed by atoms with Crippen molar-refractivity contribution in [3.63, 3.8) is 0 Å². The summed E-state index contributed by atoms with van der Waals surface area (Å²) in [5.74, 6) is 0. The minimum absolute atomic E-state index is 1.32. The van der Waals surface area contributed by atoms with Crippen molar-refractivity contribution in [3.8, 4) is 0 Å². The summed E-state index contributed by atoms with van der Waals surface area (Å²) in [4.78, 5) is 0. The van der Waals surface area contributed by atoms with Gasteiger partial charge >= 0.3 is 49.6 Å². The Morgan fingerprint density at radius 3 is 0.650 bits per heavy atom.